The first-order chi connectivity index (χ1) is 7.79. The smallest absolute Gasteiger partial charge is 0.134 e. The van der Waals surface area contributed by atoms with Gasteiger partial charge < -0.3 is 11.1 Å². The molecule has 0 aliphatic heterocycles. The molecule has 0 aliphatic carbocycles. The van der Waals surface area contributed by atoms with Crippen molar-refractivity contribution in [2.75, 3.05) is 5.32 Å². The number of nitrogens with zero attached hydrogens (tertiary/aromatic N) is 1. The normalized spacial score (nSPS) is 10.1. The minimum Gasteiger partial charge on any atom is -0.340 e. The number of nitrogens with one attached hydrogen (secondary N) is 1. The number of anilines is 2. The SMILES string of the molecule is NCc1cccnc1Nc1cccc(I)c1. The predicted octanol–water partition coefficient (Wildman–Crippen LogP) is 2.89. The molecule has 16 heavy (non-hydrogen) atoms. The summed E-state index contributed by atoms with van der Waals surface area (Å²) in [6, 6.07) is 12.0. The Kier molecular flexibility index (Phi) is 3.74. The lowest BCUT2D eigenvalue weighted by Crippen LogP contribution is -2.03. The minimum atomic E-state index is 0.486. The molecule has 0 aliphatic rings. The Bertz CT molecular complexity index is 485. The third-order valence-electron chi connectivity index (χ3n) is 2.20. The van der Waals surface area contributed by atoms with Crippen LogP contribution in [0.25, 0.3) is 0 Å². The third-order valence-corrected chi connectivity index (χ3v) is 2.87. The third kappa shape index (κ3) is 2.70. The van der Waals surface area contributed by atoms with Gasteiger partial charge in [0.15, 0.2) is 0 Å². The summed E-state index contributed by atoms with van der Waals surface area (Å²) in [4.78, 5) is 4.28. The first kappa shape index (κ1) is 11.3. The van der Waals surface area contributed by atoms with Crippen molar-refractivity contribution in [1.82, 2.24) is 4.98 Å². The summed E-state index contributed by atoms with van der Waals surface area (Å²) in [6.07, 6.45) is 1.76. The van der Waals surface area contributed by atoms with Crippen molar-refractivity contribution >= 4 is 34.1 Å². The molecule has 2 aromatic rings. The Morgan fingerprint density at radius 1 is 1.25 bits per heavy atom. The summed E-state index contributed by atoms with van der Waals surface area (Å²) >= 11 is 2.28. The van der Waals surface area contributed by atoms with Crippen LogP contribution in [0.3, 0.4) is 0 Å². The highest BCUT2D eigenvalue weighted by molar-refractivity contribution is 14.1. The summed E-state index contributed by atoms with van der Waals surface area (Å²) in [5.41, 5.74) is 7.70. The Hall–Kier alpha value is -1.14. The molecule has 1 aromatic heterocycles. The van der Waals surface area contributed by atoms with E-state index < -0.39 is 0 Å². The van der Waals surface area contributed by atoms with E-state index in [1.807, 2.05) is 30.3 Å². The highest BCUT2D eigenvalue weighted by atomic mass is 127. The monoisotopic (exact) mass is 325 g/mol. The summed E-state index contributed by atoms with van der Waals surface area (Å²) in [7, 11) is 0. The van der Waals surface area contributed by atoms with Crippen LogP contribution in [0, 0.1) is 3.57 Å². The molecule has 0 fully saturated rings. The van der Waals surface area contributed by atoms with E-state index in [0.29, 0.717) is 6.54 Å². The molecule has 0 amide bonds. The van der Waals surface area contributed by atoms with E-state index in [2.05, 4.69) is 39.0 Å². The van der Waals surface area contributed by atoms with Gasteiger partial charge in [0.2, 0.25) is 0 Å². The van der Waals surface area contributed by atoms with Gasteiger partial charge in [0.25, 0.3) is 0 Å². The topological polar surface area (TPSA) is 50.9 Å². The average Bonchev–Trinajstić information content (AvgIpc) is 2.30. The molecule has 0 bridgehead atoms. The van der Waals surface area contributed by atoms with Gasteiger partial charge in [0.05, 0.1) is 0 Å². The van der Waals surface area contributed by atoms with Crippen LogP contribution in [0.2, 0.25) is 0 Å². The molecule has 0 atom stereocenters. The zero-order valence-electron chi connectivity index (χ0n) is 8.65. The van der Waals surface area contributed by atoms with E-state index in [4.69, 9.17) is 5.73 Å². The number of aromatic nitrogens is 1. The van der Waals surface area contributed by atoms with E-state index in [1.54, 1.807) is 6.20 Å². The van der Waals surface area contributed by atoms with Crippen LogP contribution < -0.4 is 11.1 Å². The first-order valence-electron chi connectivity index (χ1n) is 4.96. The van der Waals surface area contributed by atoms with Crippen molar-refractivity contribution in [3.05, 3.63) is 51.7 Å². The largest absolute Gasteiger partial charge is 0.340 e. The van der Waals surface area contributed by atoms with Gasteiger partial charge >= 0.3 is 0 Å². The highest BCUT2D eigenvalue weighted by Crippen LogP contribution is 2.19. The Balaban J connectivity index is 2.26. The van der Waals surface area contributed by atoms with E-state index in [9.17, 15) is 0 Å². The molecule has 0 saturated heterocycles. The standard InChI is InChI=1S/C12H12IN3/c13-10-4-1-5-11(7-10)16-12-9(8-14)3-2-6-15-12/h1-7H,8,14H2,(H,15,16). The van der Waals surface area contributed by atoms with Crippen molar-refractivity contribution in [3.63, 3.8) is 0 Å². The molecule has 3 N–H and O–H groups in total. The van der Waals surface area contributed by atoms with Gasteiger partial charge in [-0.1, -0.05) is 12.1 Å². The van der Waals surface area contributed by atoms with Gasteiger partial charge in [-0.3, -0.25) is 0 Å². The number of rotatable bonds is 3. The lowest BCUT2D eigenvalue weighted by molar-refractivity contribution is 1.05. The van der Waals surface area contributed by atoms with Gasteiger partial charge in [-0.2, -0.15) is 0 Å². The number of nitrogens with two attached hydrogens (primary N) is 1. The zero-order valence-corrected chi connectivity index (χ0v) is 10.8. The van der Waals surface area contributed by atoms with Crippen molar-refractivity contribution in [3.8, 4) is 0 Å². The van der Waals surface area contributed by atoms with Crippen molar-refractivity contribution in [2.24, 2.45) is 5.73 Å². The summed E-state index contributed by atoms with van der Waals surface area (Å²) in [6.45, 7) is 0.486. The molecule has 82 valence electrons. The van der Waals surface area contributed by atoms with Crippen LogP contribution >= 0.6 is 22.6 Å². The minimum absolute atomic E-state index is 0.486. The lowest BCUT2D eigenvalue weighted by Gasteiger charge is -2.09. The van der Waals surface area contributed by atoms with Crippen LogP contribution in [0.1, 0.15) is 5.56 Å². The highest BCUT2D eigenvalue weighted by Gasteiger charge is 2.01. The van der Waals surface area contributed by atoms with Gasteiger partial charge in [-0.15, -0.1) is 0 Å². The second-order valence-corrected chi connectivity index (χ2v) is 4.60. The van der Waals surface area contributed by atoms with Crippen LogP contribution in [0.15, 0.2) is 42.6 Å². The average molecular weight is 325 g/mol. The number of halogens is 1. The second-order valence-electron chi connectivity index (χ2n) is 3.35. The predicted molar refractivity (Wildman–Crippen MR) is 74.6 cm³/mol. The molecule has 4 heteroatoms. The van der Waals surface area contributed by atoms with Gasteiger partial charge in [0.1, 0.15) is 5.82 Å². The summed E-state index contributed by atoms with van der Waals surface area (Å²) in [5.74, 6) is 0.826. The molecular weight excluding hydrogens is 313 g/mol. The molecule has 2 rings (SSSR count). The lowest BCUT2D eigenvalue weighted by atomic mass is 10.2. The van der Waals surface area contributed by atoms with E-state index in [-0.39, 0.29) is 0 Å². The van der Waals surface area contributed by atoms with Gasteiger partial charge in [-0.05, 0) is 46.9 Å². The number of benzene rings is 1. The van der Waals surface area contributed by atoms with Crippen LogP contribution in [-0.2, 0) is 6.54 Å². The molecule has 1 aromatic carbocycles. The number of hydrogen-bond acceptors (Lipinski definition) is 3. The van der Waals surface area contributed by atoms with Crippen molar-refractivity contribution in [2.45, 2.75) is 6.54 Å². The maximum absolute atomic E-state index is 5.65. The molecule has 0 saturated carbocycles. The second kappa shape index (κ2) is 5.27. The summed E-state index contributed by atoms with van der Waals surface area (Å²) < 4.78 is 1.19. The zero-order chi connectivity index (χ0) is 11.4. The number of hydrogen-bond donors (Lipinski definition) is 2. The van der Waals surface area contributed by atoms with E-state index in [0.717, 1.165) is 17.1 Å². The molecule has 3 nitrogen and oxygen atoms in total. The number of pyridine rings is 1. The van der Waals surface area contributed by atoms with Crippen molar-refractivity contribution < 1.29 is 0 Å². The molecule has 1 heterocycles. The summed E-state index contributed by atoms with van der Waals surface area (Å²) in [5, 5.41) is 3.27. The Morgan fingerprint density at radius 2 is 2.12 bits per heavy atom. The fourth-order valence-corrected chi connectivity index (χ4v) is 1.96. The molecule has 0 unspecified atom stereocenters. The fraction of sp³-hybridized carbons (Fsp3) is 0.0833. The van der Waals surface area contributed by atoms with E-state index in [1.165, 1.54) is 3.57 Å². The van der Waals surface area contributed by atoms with Gasteiger partial charge in [0, 0.05) is 27.6 Å². The molecule has 0 radical (unpaired) electrons. The van der Waals surface area contributed by atoms with Crippen LogP contribution in [0.4, 0.5) is 11.5 Å². The molecular formula is C12H12IN3. The van der Waals surface area contributed by atoms with Gasteiger partial charge in [-0.25, -0.2) is 4.98 Å². The van der Waals surface area contributed by atoms with E-state index >= 15 is 0 Å². The van der Waals surface area contributed by atoms with Crippen LogP contribution in [0.5, 0.6) is 0 Å². The van der Waals surface area contributed by atoms with Crippen LogP contribution in [-0.4, -0.2) is 4.98 Å². The molecule has 0 spiro atoms. The maximum atomic E-state index is 5.65. The fourth-order valence-electron chi connectivity index (χ4n) is 1.42. The first-order valence-corrected chi connectivity index (χ1v) is 6.04. The maximum Gasteiger partial charge on any atom is 0.134 e. The van der Waals surface area contributed by atoms with Crippen molar-refractivity contribution in [1.29, 1.82) is 0 Å². The Labute approximate surface area is 108 Å². The Morgan fingerprint density at radius 3 is 2.88 bits per heavy atom. The quantitative estimate of drug-likeness (QED) is 0.853.